The van der Waals surface area contributed by atoms with E-state index in [1.54, 1.807) is 0 Å². The maximum absolute atomic E-state index is 3.25. The van der Waals surface area contributed by atoms with Gasteiger partial charge in [-0.15, -0.1) is 35.9 Å². The third kappa shape index (κ3) is 4.02. The molecule has 0 aliphatic heterocycles. The molecule has 3 heteroatoms. The van der Waals surface area contributed by atoms with E-state index in [9.17, 15) is 0 Å². The molecule has 0 spiro atoms. The number of nitrogens with zero attached hydrogens (tertiary/aromatic N) is 1. The molecule has 0 bridgehead atoms. The average Bonchev–Trinajstić information content (AvgIpc) is 2.30. The van der Waals surface area contributed by atoms with Gasteiger partial charge in [-0.3, -0.25) is 0 Å². The van der Waals surface area contributed by atoms with E-state index in [2.05, 4.69) is 55.4 Å². The van der Waals surface area contributed by atoms with Crippen molar-refractivity contribution < 1.29 is 17.0 Å². The van der Waals surface area contributed by atoms with E-state index in [0.29, 0.717) is 0 Å². The van der Waals surface area contributed by atoms with E-state index in [1.807, 2.05) is 18.2 Å². The molecular formula is C14H14BrMgN. The van der Waals surface area contributed by atoms with E-state index < -0.39 is 0 Å². The van der Waals surface area contributed by atoms with E-state index in [4.69, 9.17) is 0 Å². The smallest absolute Gasteiger partial charge is 1.00 e. The van der Waals surface area contributed by atoms with Gasteiger partial charge in [0.2, 0.25) is 0 Å². The minimum absolute atomic E-state index is 0. The molecule has 2 rings (SSSR count). The van der Waals surface area contributed by atoms with Crippen LogP contribution >= 0.6 is 0 Å². The van der Waals surface area contributed by atoms with Crippen LogP contribution in [-0.4, -0.2) is 37.1 Å². The fourth-order valence-electron chi connectivity index (χ4n) is 1.65. The van der Waals surface area contributed by atoms with Gasteiger partial charge < -0.3 is 21.9 Å². The summed E-state index contributed by atoms with van der Waals surface area (Å²) in [5.74, 6) is 0. The number of halogens is 1. The maximum Gasteiger partial charge on any atom is 2.00 e. The monoisotopic (exact) mass is 299 g/mol. The second-order valence-corrected chi connectivity index (χ2v) is 3.69. The van der Waals surface area contributed by atoms with Crippen molar-refractivity contribution in [3.8, 4) is 11.1 Å². The van der Waals surface area contributed by atoms with Gasteiger partial charge in [0, 0.05) is 19.8 Å². The minimum Gasteiger partial charge on any atom is -1.00 e. The van der Waals surface area contributed by atoms with Crippen molar-refractivity contribution in [2.75, 3.05) is 19.0 Å². The molecule has 17 heavy (non-hydrogen) atoms. The van der Waals surface area contributed by atoms with Crippen LogP contribution in [-0.2, 0) is 0 Å². The molecule has 0 radical (unpaired) electrons. The largest absolute Gasteiger partial charge is 2.00 e. The predicted octanol–water partition coefficient (Wildman–Crippen LogP) is -0.157. The zero-order valence-corrected chi connectivity index (χ0v) is 13.2. The Bertz CT molecular complexity index is 443. The van der Waals surface area contributed by atoms with Crippen LogP contribution in [0, 0.1) is 6.07 Å². The van der Waals surface area contributed by atoms with Gasteiger partial charge in [-0.2, -0.15) is 0 Å². The van der Waals surface area contributed by atoms with Crippen molar-refractivity contribution in [2.24, 2.45) is 0 Å². The second-order valence-electron chi connectivity index (χ2n) is 3.69. The Morgan fingerprint density at radius 2 is 1.59 bits per heavy atom. The molecule has 84 valence electrons. The molecule has 0 aliphatic rings. The van der Waals surface area contributed by atoms with Crippen molar-refractivity contribution in [3.63, 3.8) is 0 Å². The van der Waals surface area contributed by atoms with Crippen LogP contribution in [0.25, 0.3) is 11.1 Å². The molecule has 0 unspecified atom stereocenters. The van der Waals surface area contributed by atoms with Gasteiger partial charge in [-0.05, 0) is 6.07 Å². The summed E-state index contributed by atoms with van der Waals surface area (Å²) < 4.78 is 0. The zero-order chi connectivity index (χ0) is 10.7. The van der Waals surface area contributed by atoms with E-state index in [1.165, 1.54) is 11.3 Å². The summed E-state index contributed by atoms with van der Waals surface area (Å²) in [4.78, 5) is 2.12. The number of anilines is 1. The van der Waals surface area contributed by atoms with Crippen LogP contribution in [0.15, 0.2) is 48.5 Å². The molecule has 0 fully saturated rings. The first-order valence-corrected chi connectivity index (χ1v) is 5.02. The minimum atomic E-state index is 0. The Morgan fingerprint density at radius 1 is 0.941 bits per heavy atom. The molecule has 1 nitrogen and oxygen atoms in total. The Hall–Kier alpha value is -0.514. The van der Waals surface area contributed by atoms with Gasteiger partial charge in [0.25, 0.3) is 0 Å². The normalized spacial score (nSPS) is 8.82. The molecule has 2 aromatic rings. The van der Waals surface area contributed by atoms with Crippen LogP contribution in [0.2, 0.25) is 0 Å². The first kappa shape index (κ1) is 16.5. The molecule has 0 aromatic heterocycles. The maximum atomic E-state index is 3.25. The fourth-order valence-corrected chi connectivity index (χ4v) is 1.65. The van der Waals surface area contributed by atoms with Gasteiger partial charge in [-0.25, -0.2) is 0 Å². The standard InChI is InChI=1S/C14H14N.BrH.Mg/c1-15(2)14-11-7-6-10-13(14)12-8-4-3-5-9-12;;/h3-8,10-11H,1-2H3;1H;/q-1;;+2/p-1. The van der Waals surface area contributed by atoms with Crippen LogP contribution < -0.4 is 21.9 Å². The fraction of sp³-hybridized carbons (Fsp3) is 0.143. The van der Waals surface area contributed by atoms with Crippen molar-refractivity contribution in [2.45, 2.75) is 0 Å². The summed E-state index contributed by atoms with van der Waals surface area (Å²) >= 11 is 0. The van der Waals surface area contributed by atoms with Gasteiger partial charge >= 0.3 is 23.1 Å². The number of benzene rings is 2. The zero-order valence-electron chi connectivity index (χ0n) is 10.2. The number of hydrogen-bond donors (Lipinski definition) is 0. The first-order chi connectivity index (χ1) is 7.29. The van der Waals surface area contributed by atoms with E-state index >= 15 is 0 Å². The van der Waals surface area contributed by atoms with Crippen LogP contribution in [0.5, 0.6) is 0 Å². The van der Waals surface area contributed by atoms with Crippen LogP contribution in [0.4, 0.5) is 5.69 Å². The summed E-state index contributed by atoms with van der Waals surface area (Å²) in [6.07, 6.45) is 0. The van der Waals surface area contributed by atoms with Gasteiger partial charge in [0.05, 0.1) is 0 Å². The quantitative estimate of drug-likeness (QED) is 0.550. The molecule has 0 saturated carbocycles. The third-order valence-electron chi connectivity index (χ3n) is 2.39. The third-order valence-corrected chi connectivity index (χ3v) is 2.39. The molecule has 0 N–H and O–H groups in total. The van der Waals surface area contributed by atoms with Gasteiger partial charge in [-0.1, -0.05) is 23.8 Å². The van der Waals surface area contributed by atoms with E-state index in [0.717, 1.165) is 5.56 Å². The van der Waals surface area contributed by atoms with Crippen molar-refractivity contribution >= 4 is 28.7 Å². The number of rotatable bonds is 2. The second kappa shape index (κ2) is 7.74. The SMILES string of the molecule is CN(C)c1ccccc1-c1[c-]cccc1.[Br-].[Mg+2]. The summed E-state index contributed by atoms with van der Waals surface area (Å²) in [7, 11) is 4.11. The Labute approximate surface area is 130 Å². The first-order valence-electron chi connectivity index (χ1n) is 5.02. The van der Waals surface area contributed by atoms with Crippen molar-refractivity contribution in [1.82, 2.24) is 0 Å². The number of hydrogen-bond acceptors (Lipinski definition) is 1. The average molecular weight is 300 g/mol. The molecular weight excluding hydrogens is 286 g/mol. The Morgan fingerprint density at radius 3 is 2.18 bits per heavy atom. The predicted molar refractivity (Wildman–Crippen MR) is 70.8 cm³/mol. The van der Waals surface area contributed by atoms with Gasteiger partial charge in [0.15, 0.2) is 0 Å². The Balaban J connectivity index is 0.00000128. The van der Waals surface area contributed by atoms with Gasteiger partial charge in [0.1, 0.15) is 0 Å². The molecule has 0 atom stereocenters. The molecule has 0 amide bonds. The van der Waals surface area contributed by atoms with Crippen molar-refractivity contribution in [1.29, 1.82) is 0 Å². The molecule has 0 heterocycles. The van der Waals surface area contributed by atoms with E-state index in [-0.39, 0.29) is 40.0 Å². The number of para-hydroxylation sites is 1. The molecule has 2 aromatic carbocycles. The summed E-state index contributed by atoms with van der Waals surface area (Å²) in [6.45, 7) is 0. The summed E-state index contributed by atoms with van der Waals surface area (Å²) in [6, 6.07) is 19.7. The molecule has 0 aliphatic carbocycles. The Kier molecular flexibility index (Phi) is 7.51. The van der Waals surface area contributed by atoms with Crippen LogP contribution in [0.1, 0.15) is 0 Å². The topological polar surface area (TPSA) is 3.24 Å². The summed E-state index contributed by atoms with van der Waals surface area (Å²) in [5.41, 5.74) is 3.59. The summed E-state index contributed by atoms with van der Waals surface area (Å²) in [5, 5.41) is 0. The van der Waals surface area contributed by atoms with Crippen LogP contribution in [0.3, 0.4) is 0 Å². The van der Waals surface area contributed by atoms with Crippen molar-refractivity contribution in [3.05, 3.63) is 54.6 Å². The molecule has 0 saturated heterocycles.